The highest BCUT2D eigenvalue weighted by atomic mass is 16.6. The summed E-state index contributed by atoms with van der Waals surface area (Å²) in [4.78, 5) is 4.61. The number of benzene rings is 1. The summed E-state index contributed by atoms with van der Waals surface area (Å²) in [6.07, 6.45) is 7.85. The van der Waals surface area contributed by atoms with Gasteiger partial charge in [0, 0.05) is 12.4 Å². The largest absolute Gasteiger partial charge is 0.490 e. The molecule has 4 atom stereocenters. The first-order valence-corrected chi connectivity index (χ1v) is 9.51. The maximum Gasteiger partial charge on any atom is 0.144 e. The first-order valence-electron chi connectivity index (χ1n) is 9.51. The Hall–Kier alpha value is -1.89. The minimum Gasteiger partial charge on any atom is -0.490 e. The first-order chi connectivity index (χ1) is 12.8. The summed E-state index contributed by atoms with van der Waals surface area (Å²) in [6, 6.07) is 8.11. The van der Waals surface area contributed by atoms with Gasteiger partial charge >= 0.3 is 0 Å². The van der Waals surface area contributed by atoms with Gasteiger partial charge in [0.05, 0.1) is 30.9 Å². The van der Waals surface area contributed by atoms with Crippen molar-refractivity contribution in [2.24, 2.45) is 0 Å². The molecule has 2 saturated heterocycles. The van der Waals surface area contributed by atoms with Crippen LogP contribution >= 0.6 is 0 Å². The molecule has 1 N–H and O–H groups in total. The van der Waals surface area contributed by atoms with Crippen LogP contribution in [-0.4, -0.2) is 52.3 Å². The molecule has 138 valence electrons. The van der Waals surface area contributed by atoms with Gasteiger partial charge in [-0.15, -0.1) is 0 Å². The second kappa shape index (κ2) is 6.68. The maximum absolute atomic E-state index is 10.0. The second-order valence-corrected chi connectivity index (χ2v) is 7.41. The molecule has 1 aromatic heterocycles. The molecule has 1 aromatic carbocycles. The van der Waals surface area contributed by atoms with Gasteiger partial charge in [-0.05, 0) is 37.8 Å². The molecule has 3 heterocycles. The highest BCUT2D eigenvalue weighted by Gasteiger charge is 2.48. The Morgan fingerprint density at radius 2 is 1.88 bits per heavy atom. The van der Waals surface area contributed by atoms with E-state index in [1.54, 1.807) is 6.20 Å². The number of aliphatic hydroxyl groups excluding tert-OH is 1. The van der Waals surface area contributed by atoms with Crippen LogP contribution in [0.4, 0.5) is 0 Å². The van der Waals surface area contributed by atoms with Crippen molar-refractivity contribution in [2.45, 2.75) is 56.1 Å². The number of para-hydroxylation sites is 1. The maximum atomic E-state index is 10.0. The van der Waals surface area contributed by atoms with E-state index in [0.29, 0.717) is 19.3 Å². The smallest absolute Gasteiger partial charge is 0.144 e. The van der Waals surface area contributed by atoms with Crippen molar-refractivity contribution >= 4 is 0 Å². The van der Waals surface area contributed by atoms with Crippen LogP contribution in [0.25, 0.3) is 11.4 Å². The van der Waals surface area contributed by atoms with Gasteiger partial charge in [-0.1, -0.05) is 12.1 Å². The predicted molar refractivity (Wildman–Crippen MR) is 95.1 cm³/mol. The number of aliphatic hydroxyl groups is 1. The van der Waals surface area contributed by atoms with Crippen molar-refractivity contribution in [1.82, 2.24) is 9.55 Å². The van der Waals surface area contributed by atoms with Gasteiger partial charge in [0.2, 0.25) is 0 Å². The third kappa shape index (κ3) is 2.73. The number of rotatable bonds is 4. The van der Waals surface area contributed by atoms with E-state index < -0.39 is 6.10 Å². The summed E-state index contributed by atoms with van der Waals surface area (Å²) < 4.78 is 20.0. The fourth-order valence-corrected chi connectivity index (χ4v) is 4.43. The molecular weight excluding hydrogens is 332 g/mol. The van der Waals surface area contributed by atoms with Gasteiger partial charge in [0.1, 0.15) is 29.9 Å². The van der Waals surface area contributed by atoms with Gasteiger partial charge in [-0.2, -0.15) is 0 Å². The zero-order chi connectivity index (χ0) is 17.5. The molecule has 6 heteroatoms. The zero-order valence-corrected chi connectivity index (χ0v) is 14.7. The Kier molecular flexibility index (Phi) is 4.19. The Balaban J connectivity index is 1.46. The predicted octanol–water partition coefficient (Wildman–Crippen LogP) is 2.57. The topological polar surface area (TPSA) is 65.7 Å². The molecule has 5 rings (SSSR count). The second-order valence-electron chi connectivity index (χ2n) is 7.41. The SMILES string of the molecule is O[C@@H]1CO[C@H]2[C@@H]1OC[C@@H]2n1ccnc1-c1ccccc1OC1CCCC1. The molecule has 0 spiro atoms. The lowest BCUT2D eigenvalue weighted by atomic mass is 10.1. The van der Waals surface area contributed by atoms with E-state index in [1.807, 2.05) is 24.4 Å². The normalized spacial score (nSPS) is 31.4. The van der Waals surface area contributed by atoms with E-state index in [4.69, 9.17) is 14.2 Å². The fraction of sp³-hybridized carbons (Fsp3) is 0.550. The van der Waals surface area contributed by atoms with Gasteiger partial charge in [-0.3, -0.25) is 0 Å². The van der Waals surface area contributed by atoms with E-state index in [-0.39, 0.29) is 18.2 Å². The molecule has 2 aromatic rings. The fourth-order valence-electron chi connectivity index (χ4n) is 4.43. The Morgan fingerprint density at radius 1 is 1.08 bits per heavy atom. The molecule has 0 amide bonds. The van der Waals surface area contributed by atoms with Crippen LogP contribution in [0, 0.1) is 0 Å². The Labute approximate surface area is 152 Å². The van der Waals surface area contributed by atoms with Crippen LogP contribution in [0.15, 0.2) is 36.7 Å². The quantitative estimate of drug-likeness (QED) is 0.912. The molecule has 1 saturated carbocycles. The average molecular weight is 356 g/mol. The number of aromatic nitrogens is 2. The monoisotopic (exact) mass is 356 g/mol. The molecule has 1 aliphatic carbocycles. The van der Waals surface area contributed by atoms with Crippen LogP contribution in [-0.2, 0) is 9.47 Å². The number of nitrogens with zero attached hydrogens (tertiary/aromatic N) is 2. The van der Waals surface area contributed by atoms with E-state index in [9.17, 15) is 5.11 Å². The van der Waals surface area contributed by atoms with Gasteiger partial charge in [0.15, 0.2) is 0 Å². The summed E-state index contributed by atoms with van der Waals surface area (Å²) in [7, 11) is 0. The zero-order valence-electron chi connectivity index (χ0n) is 14.7. The van der Waals surface area contributed by atoms with E-state index in [2.05, 4.69) is 15.6 Å². The molecule has 0 unspecified atom stereocenters. The minimum absolute atomic E-state index is 0.00851. The van der Waals surface area contributed by atoms with Gasteiger partial charge < -0.3 is 23.9 Å². The van der Waals surface area contributed by atoms with E-state index >= 15 is 0 Å². The number of imidazole rings is 1. The van der Waals surface area contributed by atoms with Crippen LogP contribution in [0.1, 0.15) is 31.7 Å². The van der Waals surface area contributed by atoms with E-state index in [1.165, 1.54) is 12.8 Å². The van der Waals surface area contributed by atoms with Crippen molar-refractivity contribution < 1.29 is 19.3 Å². The average Bonchev–Trinajstić information content (AvgIpc) is 3.41. The molecule has 26 heavy (non-hydrogen) atoms. The Bertz CT molecular complexity index is 771. The molecule has 3 fully saturated rings. The summed E-state index contributed by atoms with van der Waals surface area (Å²) in [5.41, 5.74) is 0.992. The van der Waals surface area contributed by atoms with Crippen molar-refractivity contribution in [3.63, 3.8) is 0 Å². The third-order valence-corrected chi connectivity index (χ3v) is 5.75. The number of hydrogen-bond acceptors (Lipinski definition) is 5. The minimum atomic E-state index is -0.546. The van der Waals surface area contributed by atoms with Crippen molar-refractivity contribution in [2.75, 3.05) is 13.2 Å². The third-order valence-electron chi connectivity index (χ3n) is 5.75. The summed E-state index contributed by atoms with van der Waals surface area (Å²) >= 11 is 0. The van der Waals surface area contributed by atoms with Gasteiger partial charge in [0.25, 0.3) is 0 Å². The summed E-state index contributed by atoms with van der Waals surface area (Å²) in [5, 5.41) is 10.0. The molecular formula is C20H24N2O4. The van der Waals surface area contributed by atoms with Crippen LogP contribution in [0.5, 0.6) is 5.75 Å². The van der Waals surface area contributed by atoms with Crippen molar-refractivity contribution in [3.05, 3.63) is 36.7 Å². The lowest BCUT2D eigenvalue weighted by Crippen LogP contribution is -2.30. The molecule has 3 aliphatic rings. The van der Waals surface area contributed by atoms with Gasteiger partial charge in [-0.25, -0.2) is 4.98 Å². The molecule has 6 nitrogen and oxygen atoms in total. The standard InChI is InChI=1S/C20H24N2O4/c23-16-12-25-18-15(11-24-19(16)18)22-10-9-21-20(22)14-7-3-4-8-17(14)26-13-5-1-2-6-13/h3-4,7-10,13,15-16,18-19,23H,1-2,5-6,11-12H2/t15-,16+,18+,19+/m0/s1. The summed E-state index contributed by atoms with van der Waals surface area (Å²) in [5.74, 6) is 1.74. The number of fused-ring (bicyclic) bond motifs is 1. The van der Waals surface area contributed by atoms with E-state index in [0.717, 1.165) is 30.0 Å². The molecule has 0 bridgehead atoms. The number of ether oxygens (including phenoxy) is 3. The Morgan fingerprint density at radius 3 is 2.77 bits per heavy atom. The lowest BCUT2D eigenvalue weighted by Gasteiger charge is -2.21. The van der Waals surface area contributed by atoms with Crippen LogP contribution < -0.4 is 4.74 Å². The van der Waals surface area contributed by atoms with Crippen molar-refractivity contribution in [1.29, 1.82) is 0 Å². The number of hydrogen-bond donors (Lipinski definition) is 1. The highest BCUT2D eigenvalue weighted by molar-refractivity contribution is 5.64. The van der Waals surface area contributed by atoms with Crippen LogP contribution in [0.2, 0.25) is 0 Å². The van der Waals surface area contributed by atoms with Crippen LogP contribution in [0.3, 0.4) is 0 Å². The lowest BCUT2D eigenvalue weighted by molar-refractivity contribution is 0.0172. The summed E-state index contributed by atoms with van der Waals surface area (Å²) in [6.45, 7) is 0.846. The first kappa shape index (κ1) is 16.3. The van der Waals surface area contributed by atoms with Crippen molar-refractivity contribution in [3.8, 4) is 17.1 Å². The highest BCUT2D eigenvalue weighted by Crippen LogP contribution is 2.38. The molecule has 2 aliphatic heterocycles. The molecule has 0 radical (unpaired) electrons.